The van der Waals surface area contributed by atoms with Crippen LogP contribution in [0.2, 0.25) is 10.0 Å². The Morgan fingerprint density at radius 2 is 1.74 bits per heavy atom. The highest BCUT2D eigenvalue weighted by Crippen LogP contribution is 2.31. The zero-order valence-corrected chi connectivity index (χ0v) is 14.0. The molecule has 1 aromatic heterocycles. The molecule has 116 valence electrons. The standard InChI is InChI=1S/C16H11Cl2N3OS/c17-10-6-11(18)8-12(7-10)20-15(22)14-13(21-16(19)23-14)9-4-2-1-3-5-9/h1-8H,(H2,19,21)(H,20,22). The number of rotatable bonds is 3. The van der Waals surface area contributed by atoms with Crippen LogP contribution in [0.25, 0.3) is 11.3 Å². The first-order valence-corrected chi connectivity index (χ1v) is 8.19. The minimum absolute atomic E-state index is 0.309. The molecule has 1 heterocycles. The Kier molecular flexibility index (Phi) is 4.52. The molecule has 0 fully saturated rings. The van der Waals surface area contributed by atoms with E-state index in [1.807, 2.05) is 30.3 Å². The molecule has 0 aliphatic carbocycles. The molecule has 0 aliphatic heterocycles. The van der Waals surface area contributed by atoms with Gasteiger partial charge in [0, 0.05) is 21.3 Å². The number of thiazole rings is 1. The van der Waals surface area contributed by atoms with Gasteiger partial charge in [0.1, 0.15) is 4.88 Å². The van der Waals surface area contributed by atoms with E-state index in [-0.39, 0.29) is 5.91 Å². The molecule has 0 spiro atoms. The van der Waals surface area contributed by atoms with Gasteiger partial charge in [0.2, 0.25) is 0 Å². The summed E-state index contributed by atoms with van der Waals surface area (Å²) in [4.78, 5) is 17.3. The number of nitrogen functional groups attached to an aromatic ring is 1. The van der Waals surface area contributed by atoms with Crippen LogP contribution in [0.15, 0.2) is 48.5 Å². The smallest absolute Gasteiger partial charge is 0.268 e. The number of halogens is 2. The largest absolute Gasteiger partial charge is 0.375 e. The van der Waals surface area contributed by atoms with Crippen LogP contribution in [0.3, 0.4) is 0 Å². The van der Waals surface area contributed by atoms with Crippen LogP contribution >= 0.6 is 34.5 Å². The van der Waals surface area contributed by atoms with E-state index in [0.717, 1.165) is 16.9 Å². The molecule has 0 saturated heterocycles. The molecule has 0 saturated carbocycles. The second-order valence-corrected chi connectivity index (χ2v) is 6.61. The number of aromatic nitrogens is 1. The van der Waals surface area contributed by atoms with E-state index in [4.69, 9.17) is 28.9 Å². The molecule has 23 heavy (non-hydrogen) atoms. The molecular formula is C16H11Cl2N3OS. The van der Waals surface area contributed by atoms with Crippen molar-refractivity contribution < 1.29 is 4.79 Å². The van der Waals surface area contributed by atoms with Gasteiger partial charge < -0.3 is 11.1 Å². The summed E-state index contributed by atoms with van der Waals surface area (Å²) < 4.78 is 0. The average molecular weight is 364 g/mol. The van der Waals surface area contributed by atoms with Crippen molar-refractivity contribution in [2.75, 3.05) is 11.1 Å². The van der Waals surface area contributed by atoms with Crippen LogP contribution in [0.1, 0.15) is 9.67 Å². The SMILES string of the molecule is Nc1nc(-c2ccccc2)c(C(=O)Nc2cc(Cl)cc(Cl)c2)s1. The molecule has 0 radical (unpaired) electrons. The van der Waals surface area contributed by atoms with Gasteiger partial charge in [-0.05, 0) is 18.2 Å². The number of carbonyl (C=O) groups excluding carboxylic acids is 1. The molecule has 4 nitrogen and oxygen atoms in total. The van der Waals surface area contributed by atoms with Crippen LogP contribution in [-0.4, -0.2) is 10.9 Å². The van der Waals surface area contributed by atoms with Gasteiger partial charge in [0.05, 0.1) is 5.69 Å². The number of carbonyl (C=O) groups is 1. The zero-order valence-electron chi connectivity index (χ0n) is 11.7. The number of hydrogen-bond donors (Lipinski definition) is 2. The number of hydrogen-bond acceptors (Lipinski definition) is 4. The zero-order chi connectivity index (χ0) is 16.4. The average Bonchev–Trinajstić information content (AvgIpc) is 2.89. The number of amides is 1. The monoisotopic (exact) mass is 363 g/mol. The molecule has 3 aromatic rings. The van der Waals surface area contributed by atoms with Crippen molar-refractivity contribution in [3.8, 4) is 11.3 Å². The van der Waals surface area contributed by atoms with E-state index in [0.29, 0.717) is 31.4 Å². The van der Waals surface area contributed by atoms with Crippen molar-refractivity contribution in [1.29, 1.82) is 0 Å². The fourth-order valence-corrected chi connectivity index (χ4v) is 3.37. The summed E-state index contributed by atoms with van der Waals surface area (Å²) in [5, 5.41) is 3.99. The van der Waals surface area contributed by atoms with E-state index in [9.17, 15) is 4.79 Å². The lowest BCUT2D eigenvalue weighted by Gasteiger charge is -2.06. The van der Waals surface area contributed by atoms with Crippen molar-refractivity contribution in [1.82, 2.24) is 4.98 Å². The Labute approximate surface area is 146 Å². The summed E-state index contributed by atoms with van der Waals surface area (Å²) >= 11 is 13.0. The van der Waals surface area contributed by atoms with Crippen molar-refractivity contribution >= 4 is 51.3 Å². The molecule has 7 heteroatoms. The summed E-state index contributed by atoms with van der Waals surface area (Å²) in [7, 11) is 0. The minimum Gasteiger partial charge on any atom is -0.375 e. The normalized spacial score (nSPS) is 10.5. The lowest BCUT2D eigenvalue weighted by molar-refractivity contribution is 0.103. The minimum atomic E-state index is -0.309. The lowest BCUT2D eigenvalue weighted by atomic mass is 10.1. The first kappa shape index (κ1) is 15.8. The quantitative estimate of drug-likeness (QED) is 0.691. The van der Waals surface area contributed by atoms with Gasteiger partial charge in [-0.1, -0.05) is 64.9 Å². The van der Waals surface area contributed by atoms with Crippen molar-refractivity contribution in [3.63, 3.8) is 0 Å². The molecule has 3 rings (SSSR count). The third-order valence-corrected chi connectivity index (χ3v) is 4.34. The first-order chi connectivity index (χ1) is 11.0. The van der Waals surface area contributed by atoms with Gasteiger partial charge >= 0.3 is 0 Å². The number of nitrogens with two attached hydrogens (primary N) is 1. The predicted molar refractivity (Wildman–Crippen MR) is 96.4 cm³/mol. The Bertz CT molecular complexity index is 845. The highest BCUT2D eigenvalue weighted by molar-refractivity contribution is 7.17. The fourth-order valence-electron chi connectivity index (χ4n) is 2.10. The van der Waals surface area contributed by atoms with Crippen LogP contribution in [0, 0.1) is 0 Å². The molecule has 3 N–H and O–H groups in total. The van der Waals surface area contributed by atoms with Crippen LogP contribution in [0.4, 0.5) is 10.8 Å². The second-order valence-electron chi connectivity index (χ2n) is 4.71. The third kappa shape index (κ3) is 3.64. The number of anilines is 2. The van der Waals surface area contributed by atoms with E-state index < -0.39 is 0 Å². The van der Waals surface area contributed by atoms with Gasteiger partial charge in [0.25, 0.3) is 5.91 Å². The van der Waals surface area contributed by atoms with E-state index in [2.05, 4.69) is 10.3 Å². The highest BCUT2D eigenvalue weighted by Gasteiger charge is 2.19. The second kappa shape index (κ2) is 6.58. The fraction of sp³-hybridized carbons (Fsp3) is 0. The third-order valence-electron chi connectivity index (χ3n) is 3.02. The van der Waals surface area contributed by atoms with Gasteiger partial charge in [-0.2, -0.15) is 0 Å². The molecule has 0 unspecified atom stereocenters. The summed E-state index contributed by atoms with van der Waals surface area (Å²) in [6.45, 7) is 0. The maximum Gasteiger partial charge on any atom is 0.268 e. The Morgan fingerprint density at radius 3 is 2.39 bits per heavy atom. The molecule has 2 aromatic carbocycles. The molecular weight excluding hydrogens is 353 g/mol. The number of nitrogens with zero attached hydrogens (tertiary/aromatic N) is 1. The van der Waals surface area contributed by atoms with Gasteiger partial charge in [-0.15, -0.1) is 0 Å². The molecule has 1 amide bonds. The van der Waals surface area contributed by atoms with E-state index in [1.54, 1.807) is 18.2 Å². The topological polar surface area (TPSA) is 68.0 Å². The molecule has 0 atom stereocenters. The Hall–Kier alpha value is -2.08. The maximum absolute atomic E-state index is 12.6. The number of benzene rings is 2. The highest BCUT2D eigenvalue weighted by atomic mass is 35.5. The molecule has 0 aliphatic rings. The summed E-state index contributed by atoms with van der Waals surface area (Å²) in [5.41, 5.74) is 7.68. The summed E-state index contributed by atoms with van der Waals surface area (Å²) in [5.74, 6) is -0.309. The van der Waals surface area contributed by atoms with Crippen molar-refractivity contribution in [3.05, 3.63) is 63.5 Å². The number of nitrogens with one attached hydrogen (secondary N) is 1. The first-order valence-electron chi connectivity index (χ1n) is 6.62. The van der Waals surface area contributed by atoms with Crippen LogP contribution in [0.5, 0.6) is 0 Å². The predicted octanol–water partition coefficient (Wildman–Crippen LogP) is 4.95. The van der Waals surface area contributed by atoms with Crippen molar-refractivity contribution in [2.24, 2.45) is 0 Å². The van der Waals surface area contributed by atoms with Gasteiger partial charge in [0.15, 0.2) is 5.13 Å². The van der Waals surface area contributed by atoms with Gasteiger partial charge in [-0.3, -0.25) is 4.79 Å². The van der Waals surface area contributed by atoms with E-state index in [1.165, 1.54) is 0 Å². The maximum atomic E-state index is 12.6. The molecule has 0 bridgehead atoms. The lowest BCUT2D eigenvalue weighted by Crippen LogP contribution is -2.11. The summed E-state index contributed by atoms with van der Waals surface area (Å²) in [6.07, 6.45) is 0. The Morgan fingerprint density at radius 1 is 1.09 bits per heavy atom. The van der Waals surface area contributed by atoms with E-state index >= 15 is 0 Å². The Balaban J connectivity index is 1.94. The van der Waals surface area contributed by atoms with Gasteiger partial charge in [-0.25, -0.2) is 4.98 Å². The van der Waals surface area contributed by atoms with Crippen LogP contribution < -0.4 is 11.1 Å². The van der Waals surface area contributed by atoms with Crippen molar-refractivity contribution in [2.45, 2.75) is 0 Å². The van der Waals surface area contributed by atoms with Crippen LogP contribution in [-0.2, 0) is 0 Å². The summed E-state index contributed by atoms with van der Waals surface area (Å²) in [6, 6.07) is 14.2.